The summed E-state index contributed by atoms with van der Waals surface area (Å²) < 4.78 is 15.2. The number of hydrogen-bond acceptors (Lipinski definition) is 4. The summed E-state index contributed by atoms with van der Waals surface area (Å²) in [6.07, 6.45) is 3.10. The number of Topliss-reactive ketones (excluding diaryl/α,β-unsaturated/α-hetero) is 1. The molecule has 0 unspecified atom stereocenters. The molecule has 0 saturated carbocycles. The molecule has 2 aromatic carbocycles. The van der Waals surface area contributed by atoms with Crippen LogP contribution in [0.4, 0.5) is 4.39 Å². The Morgan fingerprint density at radius 1 is 1.29 bits per heavy atom. The highest BCUT2D eigenvalue weighted by molar-refractivity contribution is 6.31. The standard InChI is InChI=1S/C21H21ClFN3O2/c22-16-8-13(3-5-17(16)23)14-4-6-18-20(9-14)26(12-25-18)11-15(27)10-19-21(28)2-1-7-24-19/h3-6,8-9,12,19,21,24,28H,1-2,7,10-11H2/t19-,21+/m1/s1. The van der Waals surface area contributed by atoms with Gasteiger partial charge in [0, 0.05) is 12.5 Å². The number of benzene rings is 2. The molecule has 0 radical (unpaired) electrons. The van der Waals surface area contributed by atoms with E-state index in [1.165, 1.54) is 6.07 Å². The van der Waals surface area contributed by atoms with E-state index in [0.29, 0.717) is 0 Å². The number of hydrogen-bond donors (Lipinski definition) is 2. The van der Waals surface area contributed by atoms with Gasteiger partial charge in [-0.3, -0.25) is 4.79 Å². The molecule has 1 aliphatic rings. The van der Waals surface area contributed by atoms with Crippen molar-refractivity contribution in [1.29, 1.82) is 0 Å². The highest BCUT2D eigenvalue weighted by Crippen LogP contribution is 2.27. The molecule has 1 fully saturated rings. The molecule has 1 aromatic heterocycles. The third-order valence-electron chi connectivity index (χ3n) is 5.22. The zero-order valence-electron chi connectivity index (χ0n) is 15.2. The number of nitrogens with zero attached hydrogens (tertiary/aromatic N) is 2. The summed E-state index contributed by atoms with van der Waals surface area (Å²) >= 11 is 5.90. The number of aliphatic hydroxyl groups is 1. The molecule has 0 aliphatic carbocycles. The van der Waals surface area contributed by atoms with Gasteiger partial charge in [-0.05, 0) is 54.8 Å². The average Bonchev–Trinajstić information content (AvgIpc) is 3.08. The quantitative estimate of drug-likeness (QED) is 0.686. The van der Waals surface area contributed by atoms with Gasteiger partial charge in [-0.2, -0.15) is 0 Å². The number of nitrogens with one attached hydrogen (secondary N) is 1. The predicted octanol–water partition coefficient (Wildman–Crippen LogP) is 3.57. The Morgan fingerprint density at radius 2 is 2.07 bits per heavy atom. The molecule has 28 heavy (non-hydrogen) atoms. The van der Waals surface area contributed by atoms with Crippen LogP contribution in [0.3, 0.4) is 0 Å². The number of aromatic nitrogens is 2. The second kappa shape index (κ2) is 7.99. The largest absolute Gasteiger partial charge is 0.391 e. The van der Waals surface area contributed by atoms with Crippen LogP contribution in [0.5, 0.6) is 0 Å². The second-order valence-electron chi connectivity index (χ2n) is 7.22. The van der Waals surface area contributed by atoms with Crippen molar-refractivity contribution in [2.75, 3.05) is 6.54 Å². The summed E-state index contributed by atoms with van der Waals surface area (Å²) in [4.78, 5) is 16.9. The first-order valence-electron chi connectivity index (χ1n) is 9.35. The van der Waals surface area contributed by atoms with E-state index < -0.39 is 11.9 Å². The number of aliphatic hydroxyl groups excluding tert-OH is 1. The van der Waals surface area contributed by atoms with Gasteiger partial charge in [0.05, 0.1) is 35.0 Å². The van der Waals surface area contributed by atoms with Gasteiger partial charge in [-0.15, -0.1) is 0 Å². The molecular formula is C21H21ClFN3O2. The number of ketones is 1. The minimum atomic E-state index is -0.480. The first kappa shape index (κ1) is 19.1. The van der Waals surface area contributed by atoms with Crippen molar-refractivity contribution in [3.63, 3.8) is 0 Å². The van der Waals surface area contributed by atoms with Gasteiger partial charge < -0.3 is 15.0 Å². The van der Waals surface area contributed by atoms with Gasteiger partial charge in [-0.25, -0.2) is 9.37 Å². The van der Waals surface area contributed by atoms with Gasteiger partial charge in [0.2, 0.25) is 0 Å². The van der Waals surface area contributed by atoms with Crippen LogP contribution in [-0.4, -0.2) is 39.1 Å². The van der Waals surface area contributed by atoms with Crippen LogP contribution in [0.25, 0.3) is 22.2 Å². The summed E-state index contributed by atoms with van der Waals surface area (Å²) in [5, 5.41) is 13.3. The number of carbonyl (C=O) groups excluding carboxylic acids is 1. The molecule has 146 valence electrons. The van der Waals surface area contributed by atoms with E-state index in [9.17, 15) is 14.3 Å². The van der Waals surface area contributed by atoms with Crippen molar-refractivity contribution < 1.29 is 14.3 Å². The number of piperidine rings is 1. The van der Waals surface area contributed by atoms with E-state index >= 15 is 0 Å². The lowest BCUT2D eigenvalue weighted by Crippen LogP contribution is -2.46. The van der Waals surface area contributed by atoms with Gasteiger partial charge in [0.1, 0.15) is 5.82 Å². The molecule has 1 aliphatic heterocycles. The van der Waals surface area contributed by atoms with Crippen LogP contribution in [0.15, 0.2) is 42.7 Å². The van der Waals surface area contributed by atoms with Crippen molar-refractivity contribution in [3.8, 4) is 11.1 Å². The second-order valence-corrected chi connectivity index (χ2v) is 7.63. The highest BCUT2D eigenvalue weighted by atomic mass is 35.5. The van der Waals surface area contributed by atoms with Crippen molar-refractivity contribution in [3.05, 3.63) is 53.6 Å². The Balaban J connectivity index is 1.56. The summed E-state index contributed by atoms with van der Waals surface area (Å²) in [6, 6.07) is 10.1. The molecule has 4 rings (SSSR count). The van der Waals surface area contributed by atoms with Crippen LogP contribution in [0.2, 0.25) is 5.02 Å². The molecule has 2 N–H and O–H groups in total. The molecule has 5 nitrogen and oxygen atoms in total. The highest BCUT2D eigenvalue weighted by Gasteiger charge is 2.25. The maximum atomic E-state index is 13.4. The first-order valence-corrected chi connectivity index (χ1v) is 9.72. The Hall–Kier alpha value is -2.28. The number of fused-ring (bicyclic) bond motifs is 1. The smallest absolute Gasteiger partial charge is 0.154 e. The zero-order valence-corrected chi connectivity index (χ0v) is 16.0. The Bertz CT molecular complexity index is 1020. The van der Waals surface area contributed by atoms with Crippen LogP contribution >= 0.6 is 11.6 Å². The zero-order chi connectivity index (χ0) is 19.7. The van der Waals surface area contributed by atoms with Crippen LogP contribution < -0.4 is 5.32 Å². The fraction of sp³-hybridized carbons (Fsp3) is 0.333. The van der Waals surface area contributed by atoms with Crippen molar-refractivity contribution in [2.24, 2.45) is 0 Å². The third-order valence-corrected chi connectivity index (χ3v) is 5.51. The molecule has 2 heterocycles. The third kappa shape index (κ3) is 3.94. The molecular weight excluding hydrogens is 381 g/mol. The van der Waals surface area contributed by atoms with E-state index in [1.807, 2.05) is 22.8 Å². The minimum absolute atomic E-state index is 0.0352. The molecule has 3 aromatic rings. The molecule has 0 bridgehead atoms. The van der Waals surface area contributed by atoms with Gasteiger partial charge in [0.25, 0.3) is 0 Å². The number of rotatable bonds is 5. The van der Waals surface area contributed by atoms with Crippen LogP contribution in [0.1, 0.15) is 19.3 Å². The molecule has 0 spiro atoms. The Morgan fingerprint density at radius 3 is 2.86 bits per heavy atom. The summed E-state index contributed by atoms with van der Waals surface area (Å²) in [5.74, 6) is -0.423. The normalized spacial score (nSPS) is 19.8. The van der Waals surface area contributed by atoms with Gasteiger partial charge in [0.15, 0.2) is 5.78 Å². The SMILES string of the molecule is O=C(C[C@H]1NCCC[C@@H]1O)Cn1cnc2ccc(-c3ccc(F)c(Cl)c3)cc21. The van der Waals surface area contributed by atoms with Crippen LogP contribution in [-0.2, 0) is 11.3 Å². The van der Waals surface area contributed by atoms with E-state index in [-0.39, 0.29) is 29.8 Å². The number of imidazole rings is 1. The van der Waals surface area contributed by atoms with Gasteiger partial charge >= 0.3 is 0 Å². The summed E-state index contributed by atoms with van der Waals surface area (Å²) in [7, 11) is 0. The lowest BCUT2D eigenvalue weighted by Gasteiger charge is -2.28. The monoisotopic (exact) mass is 401 g/mol. The predicted molar refractivity (Wildman–Crippen MR) is 107 cm³/mol. The average molecular weight is 402 g/mol. The fourth-order valence-corrected chi connectivity index (χ4v) is 3.86. The first-order chi connectivity index (χ1) is 13.5. The van der Waals surface area contributed by atoms with Gasteiger partial charge in [-0.1, -0.05) is 23.7 Å². The van der Waals surface area contributed by atoms with E-state index in [0.717, 1.165) is 41.5 Å². The lowest BCUT2D eigenvalue weighted by molar-refractivity contribution is -0.121. The van der Waals surface area contributed by atoms with Crippen molar-refractivity contribution in [2.45, 2.75) is 38.0 Å². The molecule has 2 atom stereocenters. The number of halogens is 2. The van der Waals surface area contributed by atoms with E-state index in [1.54, 1.807) is 18.5 Å². The summed E-state index contributed by atoms with van der Waals surface area (Å²) in [6.45, 7) is 1.02. The van der Waals surface area contributed by atoms with E-state index in [4.69, 9.17) is 11.6 Å². The summed E-state index contributed by atoms with van der Waals surface area (Å²) in [5.41, 5.74) is 3.26. The number of carbonyl (C=O) groups is 1. The molecule has 0 amide bonds. The molecule has 1 saturated heterocycles. The maximum Gasteiger partial charge on any atom is 0.154 e. The van der Waals surface area contributed by atoms with Crippen LogP contribution in [0, 0.1) is 5.82 Å². The Kier molecular flexibility index (Phi) is 5.44. The minimum Gasteiger partial charge on any atom is -0.391 e. The Labute approximate surface area is 167 Å². The van der Waals surface area contributed by atoms with E-state index in [2.05, 4.69) is 10.3 Å². The molecule has 7 heteroatoms. The van der Waals surface area contributed by atoms with Crippen molar-refractivity contribution in [1.82, 2.24) is 14.9 Å². The topological polar surface area (TPSA) is 67.2 Å². The fourth-order valence-electron chi connectivity index (χ4n) is 3.68. The maximum absolute atomic E-state index is 13.4. The lowest BCUT2D eigenvalue weighted by atomic mass is 9.97. The van der Waals surface area contributed by atoms with Crippen molar-refractivity contribution >= 4 is 28.4 Å².